The fraction of sp³-hybridized carbons (Fsp3) is 1.00. The Labute approximate surface area is 48.3 Å². The van der Waals surface area contributed by atoms with Crippen LogP contribution < -0.4 is 9.44 Å². The first kappa shape index (κ1) is 7.27. The van der Waals surface area contributed by atoms with Gasteiger partial charge in [0.05, 0.1) is 0 Å². The summed E-state index contributed by atoms with van der Waals surface area (Å²) in [5, 5.41) is 0. The van der Waals surface area contributed by atoms with Gasteiger partial charge >= 0.3 is 0 Å². The lowest BCUT2D eigenvalue weighted by Crippen LogP contribution is -2.33. The Morgan fingerprint density at radius 3 is 1.71 bits per heavy atom. The van der Waals surface area contributed by atoms with E-state index in [1.165, 1.54) is 0 Å². The van der Waals surface area contributed by atoms with Crippen LogP contribution in [0.3, 0.4) is 0 Å². The number of nitrogens with one attached hydrogen (secondary N) is 2. The Balaban J connectivity index is 2.99. The Kier molecular flexibility index (Phi) is 4.60. The van der Waals surface area contributed by atoms with Crippen LogP contribution in [0, 0.1) is 0 Å². The molecule has 0 unspecified atom stereocenters. The molecule has 0 amide bonds. The predicted octanol–water partition coefficient (Wildman–Crippen LogP) is -0.107. The monoisotopic (exact) mass is 121 g/mol. The second kappa shape index (κ2) is 4.43. The van der Waals surface area contributed by atoms with E-state index in [-0.39, 0.29) is 11.3 Å². The molecule has 2 N–H and O–H groups in total. The summed E-state index contributed by atoms with van der Waals surface area (Å²) >= 11 is 0.255. The summed E-state index contributed by atoms with van der Waals surface area (Å²) in [5.41, 5.74) is 0. The zero-order valence-electron chi connectivity index (χ0n) is 5.12. The number of rotatable bonds is 3. The van der Waals surface area contributed by atoms with Crippen molar-refractivity contribution in [3.63, 3.8) is 0 Å². The molecule has 7 heavy (non-hydrogen) atoms. The summed E-state index contributed by atoms with van der Waals surface area (Å²) in [7, 11) is 3.92. The average molecular weight is 121 g/mol. The maximum absolute atomic E-state index is 3.12. The summed E-state index contributed by atoms with van der Waals surface area (Å²) in [6, 6.07) is 0. The molecule has 0 aromatic heterocycles. The molecule has 0 bridgehead atoms. The highest BCUT2D eigenvalue weighted by molar-refractivity contribution is 7.93. The molecule has 0 spiro atoms. The molecule has 3 heteroatoms. The van der Waals surface area contributed by atoms with E-state index >= 15 is 0 Å². The summed E-state index contributed by atoms with van der Waals surface area (Å²) in [6.45, 7) is 2.15. The molecule has 0 aromatic rings. The van der Waals surface area contributed by atoms with Gasteiger partial charge in [0.25, 0.3) is 0 Å². The molecule has 0 rings (SSSR count). The van der Waals surface area contributed by atoms with E-state index in [4.69, 9.17) is 0 Å². The van der Waals surface area contributed by atoms with Crippen molar-refractivity contribution in [2.45, 2.75) is 6.92 Å². The zero-order valence-corrected chi connectivity index (χ0v) is 5.93. The fourth-order valence-electron chi connectivity index (χ4n) is 0.391. The average Bonchev–Trinajstić information content (AvgIpc) is 1.72. The quantitative estimate of drug-likeness (QED) is 0.509. The maximum atomic E-state index is 3.12. The van der Waals surface area contributed by atoms with Crippen molar-refractivity contribution in [3.8, 4) is 0 Å². The van der Waals surface area contributed by atoms with Crippen LogP contribution in [0.1, 0.15) is 6.92 Å². The molecule has 0 aliphatic carbocycles. The van der Waals surface area contributed by atoms with Crippen LogP contribution in [-0.4, -0.2) is 19.8 Å². The number of hydrogen-bond acceptors (Lipinski definition) is 2. The normalized spacial score (nSPS) is 10.3. The van der Waals surface area contributed by atoms with Gasteiger partial charge in [-0.1, -0.05) is 0 Å². The van der Waals surface area contributed by atoms with Crippen molar-refractivity contribution in [2.75, 3.05) is 19.8 Å². The van der Waals surface area contributed by atoms with Crippen LogP contribution in [0.2, 0.25) is 0 Å². The van der Waals surface area contributed by atoms with E-state index in [1.807, 2.05) is 14.1 Å². The second-order valence-corrected chi connectivity index (χ2v) is 3.26. The molecule has 0 aliphatic rings. The van der Waals surface area contributed by atoms with E-state index in [2.05, 4.69) is 16.4 Å². The van der Waals surface area contributed by atoms with Crippen LogP contribution in [0.4, 0.5) is 0 Å². The highest BCUT2D eigenvalue weighted by Crippen LogP contribution is 1.76. The Morgan fingerprint density at radius 1 is 1.29 bits per heavy atom. The van der Waals surface area contributed by atoms with Crippen LogP contribution in [0.15, 0.2) is 0 Å². The molecule has 0 atom stereocenters. The minimum atomic E-state index is 0.255. The molecule has 0 fully saturated rings. The first-order valence-corrected chi connectivity index (χ1v) is 3.80. The van der Waals surface area contributed by atoms with Gasteiger partial charge in [0, 0.05) is 14.1 Å². The molecule has 44 valence electrons. The smallest absolute Gasteiger partial charge is 0.123 e. The molecular formula is C4H13N2S+. The lowest BCUT2D eigenvalue weighted by atomic mass is 11.0. The molecule has 0 saturated heterocycles. The van der Waals surface area contributed by atoms with Crippen molar-refractivity contribution in [1.82, 2.24) is 9.44 Å². The van der Waals surface area contributed by atoms with Crippen LogP contribution in [0.5, 0.6) is 0 Å². The summed E-state index contributed by atoms with van der Waals surface area (Å²) in [5.74, 6) is 1.16. The van der Waals surface area contributed by atoms with Gasteiger partial charge in [0.15, 0.2) is 11.3 Å². The molecule has 0 radical (unpaired) electrons. The Bertz CT molecular complexity index is 31.2. The second-order valence-electron chi connectivity index (χ2n) is 1.09. The van der Waals surface area contributed by atoms with Gasteiger partial charge in [-0.05, 0) is 6.92 Å². The minimum Gasteiger partial charge on any atom is -0.123 e. The largest absolute Gasteiger partial charge is 0.162 e. The van der Waals surface area contributed by atoms with Crippen LogP contribution in [0.25, 0.3) is 0 Å². The third-order valence-electron chi connectivity index (χ3n) is 0.781. The molecule has 2 nitrogen and oxygen atoms in total. The summed E-state index contributed by atoms with van der Waals surface area (Å²) < 4.78 is 6.24. The SMILES string of the molecule is CC[S+](NC)NC. The van der Waals surface area contributed by atoms with Crippen molar-refractivity contribution < 1.29 is 0 Å². The topological polar surface area (TPSA) is 24.1 Å². The van der Waals surface area contributed by atoms with Gasteiger partial charge in [-0.3, -0.25) is 0 Å². The van der Waals surface area contributed by atoms with E-state index in [1.54, 1.807) is 0 Å². The molecule has 0 aliphatic heterocycles. The van der Waals surface area contributed by atoms with Crippen LogP contribution in [-0.2, 0) is 11.3 Å². The third-order valence-corrected chi connectivity index (χ3v) is 2.34. The van der Waals surface area contributed by atoms with Gasteiger partial charge in [-0.25, -0.2) is 0 Å². The van der Waals surface area contributed by atoms with Crippen LogP contribution >= 0.6 is 0 Å². The van der Waals surface area contributed by atoms with Crippen molar-refractivity contribution in [1.29, 1.82) is 0 Å². The molecule has 0 saturated carbocycles. The fourth-order valence-corrected chi connectivity index (χ4v) is 1.17. The van der Waals surface area contributed by atoms with Gasteiger partial charge < -0.3 is 0 Å². The Hall–Kier alpha value is 0.270. The molecule has 0 heterocycles. The highest BCUT2D eigenvalue weighted by Gasteiger charge is 2.06. The van der Waals surface area contributed by atoms with Gasteiger partial charge in [-0.15, -0.1) is 9.44 Å². The van der Waals surface area contributed by atoms with Crippen molar-refractivity contribution in [2.24, 2.45) is 0 Å². The first-order valence-electron chi connectivity index (χ1n) is 2.40. The lowest BCUT2D eigenvalue weighted by molar-refractivity contribution is 1.15. The maximum Gasteiger partial charge on any atom is 0.162 e. The lowest BCUT2D eigenvalue weighted by Gasteiger charge is -1.96. The zero-order chi connectivity index (χ0) is 5.70. The van der Waals surface area contributed by atoms with E-state index in [0.29, 0.717) is 0 Å². The van der Waals surface area contributed by atoms with E-state index in [9.17, 15) is 0 Å². The molecule has 0 aromatic carbocycles. The van der Waals surface area contributed by atoms with Crippen molar-refractivity contribution in [3.05, 3.63) is 0 Å². The van der Waals surface area contributed by atoms with Gasteiger partial charge in [0.1, 0.15) is 5.75 Å². The van der Waals surface area contributed by atoms with E-state index < -0.39 is 0 Å². The Morgan fingerprint density at radius 2 is 1.71 bits per heavy atom. The minimum absolute atomic E-state index is 0.255. The van der Waals surface area contributed by atoms with Crippen molar-refractivity contribution >= 4 is 11.3 Å². The van der Waals surface area contributed by atoms with Gasteiger partial charge in [-0.2, -0.15) is 0 Å². The standard InChI is InChI=1S/C4H12N2S/c1-4-7(5-2)6-3/h4H2,1-3H3,(H,5,6)/p+1. The van der Waals surface area contributed by atoms with Gasteiger partial charge in [0.2, 0.25) is 0 Å². The highest BCUT2D eigenvalue weighted by atomic mass is 32.2. The number of hydrogen-bond donors (Lipinski definition) is 2. The first-order chi connectivity index (χ1) is 3.35. The summed E-state index contributed by atoms with van der Waals surface area (Å²) in [4.78, 5) is 0. The summed E-state index contributed by atoms with van der Waals surface area (Å²) in [6.07, 6.45) is 0. The third kappa shape index (κ3) is 2.91. The van der Waals surface area contributed by atoms with E-state index in [0.717, 1.165) is 5.75 Å². The molecular weight excluding hydrogens is 108 g/mol. The predicted molar refractivity (Wildman–Crippen MR) is 36.0 cm³/mol.